The highest BCUT2D eigenvalue weighted by molar-refractivity contribution is 5.58. The Balaban J connectivity index is 1.33. The Morgan fingerprint density at radius 2 is 1.87 bits per heavy atom. The summed E-state index contributed by atoms with van der Waals surface area (Å²) in [7, 11) is 0. The Labute approximate surface area is 139 Å². The van der Waals surface area contributed by atoms with Gasteiger partial charge in [0.05, 0.1) is 12.3 Å². The van der Waals surface area contributed by atoms with Crippen molar-refractivity contribution in [2.45, 2.75) is 19.8 Å². The van der Waals surface area contributed by atoms with Gasteiger partial charge >= 0.3 is 0 Å². The largest absolute Gasteiger partial charge is 0.492 e. The number of hydrogen-bond donors (Lipinski definition) is 0. The number of ether oxygens (including phenoxy) is 1. The molecule has 4 rings (SSSR count). The summed E-state index contributed by atoms with van der Waals surface area (Å²) in [5, 5.41) is 0. The maximum Gasteiger partial charge on any atom is 0.142 e. The first-order valence-corrected chi connectivity index (χ1v) is 9.21. The van der Waals surface area contributed by atoms with E-state index in [2.05, 4.69) is 53.1 Å². The normalized spacial score (nSPS) is 30.1. The molecule has 1 saturated heterocycles. The van der Waals surface area contributed by atoms with Gasteiger partial charge in [0.2, 0.25) is 0 Å². The molecule has 1 aromatic rings. The minimum atomic E-state index is 0.731. The molecule has 1 aromatic carbocycles. The molecule has 3 aliphatic rings. The number of rotatable bonds is 5. The molecule has 0 aromatic heterocycles. The second-order valence-corrected chi connectivity index (χ2v) is 7.23. The van der Waals surface area contributed by atoms with Gasteiger partial charge < -0.3 is 9.64 Å². The zero-order valence-corrected chi connectivity index (χ0v) is 14.2. The summed E-state index contributed by atoms with van der Waals surface area (Å²) in [4.78, 5) is 5.17. The molecule has 0 spiro atoms. The Bertz CT molecular complexity index is 563. The number of benzene rings is 1. The molecule has 2 bridgehead atoms. The highest BCUT2D eigenvalue weighted by atomic mass is 16.5. The lowest BCUT2D eigenvalue weighted by Crippen LogP contribution is -2.48. The fraction of sp³-hybridized carbons (Fsp3) is 0.600. The smallest absolute Gasteiger partial charge is 0.142 e. The summed E-state index contributed by atoms with van der Waals surface area (Å²) in [6.07, 6.45) is 7.78. The van der Waals surface area contributed by atoms with Crippen molar-refractivity contribution in [1.82, 2.24) is 4.90 Å². The van der Waals surface area contributed by atoms with Crippen LogP contribution in [-0.2, 0) is 0 Å². The van der Waals surface area contributed by atoms with Crippen LogP contribution in [0.15, 0.2) is 36.4 Å². The molecule has 3 heteroatoms. The molecule has 3 nitrogen and oxygen atoms in total. The molecule has 1 aliphatic heterocycles. The van der Waals surface area contributed by atoms with Gasteiger partial charge in [0.15, 0.2) is 0 Å². The predicted octanol–water partition coefficient (Wildman–Crippen LogP) is 3.42. The van der Waals surface area contributed by atoms with Crippen molar-refractivity contribution < 1.29 is 4.74 Å². The first-order chi connectivity index (χ1) is 11.3. The third-order valence-electron chi connectivity index (χ3n) is 5.79. The molecule has 1 heterocycles. The first kappa shape index (κ1) is 15.1. The quantitative estimate of drug-likeness (QED) is 0.775. The van der Waals surface area contributed by atoms with Gasteiger partial charge in [0, 0.05) is 32.7 Å². The monoisotopic (exact) mass is 312 g/mol. The van der Waals surface area contributed by atoms with E-state index in [0.29, 0.717) is 0 Å². The van der Waals surface area contributed by atoms with Gasteiger partial charge in [-0.25, -0.2) is 0 Å². The average Bonchev–Trinajstić information content (AvgIpc) is 3.19. The van der Waals surface area contributed by atoms with Crippen molar-refractivity contribution in [3.8, 4) is 5.75 Å². The third kappa shape index (κ3) is 3.12. The van der Waals surface area contributed by atoms with E-state index >= 15 is 0 Å². The summed E-state index contributed by atoms with van der Waals surface area (Å²) in [5.41, 5.74) is 1.26. The summed E-state index contributed by atoms with van der Waals surface area (Å²) < 4.78 is 5.80. The van der Waals surface area contributed by atoms with Crippen molar-refractivity contribution in [3.05, 3.63) is 36.4 Å². The fourth-order valence-electron chi connectivity index (χ4n) is 4.60. The van der Waals surface area contributed by atoms with Crippen LogP contribution in [0.2, 0.25) is 0 Å². The van der Waals surface area contributed by atoms with Crippen molar-refractivity contribution in [3.63, 3.8) is 0 Å². The second kappa shape index (κ2) is 6.56. The van der Waals surface area contributed by atoms with E-state index in [0.717, 1.165) is 43.2 Å². The lowest BCUT2D eigenvalue weighted by molar-refractivity contribution is 0.203. The van der Waals surface area contributed by atoms with Crippen LogP contribution in [-0.4, -0.2) is 44.2 Å². The Hall–Kier alpha value is -1.48. The summed E-state index contributed by atoms with van der Waals surface area (Å²) >= 11 is 0. The number of fused-ring (bicyclic) bond motifs is 2. The highest BCUT2D eigenvalue weighted by Crippen LogP contribution is 2.43. The molecule has 2 aliphatic carbocycles. The third-order valence-corrected chi connectivity index (χ3v) is 5.79. The van der Waals surface area contributed by atoms with Crippen LogP contribution in [0.3, 0.4) is 0 Å². The molecule has 124 valence electrons. The van der Waals surface area contributed by atoms with Gasteiger partial charge in [-0.3, -0.25) is 4.90 Å². The van der Waals surface area contributed by atoms with Crippen molar-refractivity contribution in [1.29, 1.82) is 0 Å². The molecule has 2 fully saturated rings. The SMILES string of the molecule is CCOc1ccccc1N1CCN(CC2CC3C=CC2C3)CC1. The highest BCUT2D eigenvalue weighted by Gasteiger charge is 2.36. The number of para-hydroxylation sites is 2. The Morgan fingerprint density at radius 3 is 2.57 bits per heavy atom. The number of hydrogen-bond acceptors (Lipinski definition) is 3. The number of piperazine rings is 1. The van der Waals surface area contributed by atoms with E-state index in [4.69, 9.17) is 4.74 Å². The maximum atomic E-state index is 5.80. The molecule has 3 atom stereocenters. The topological polar surface area (TPSA) is 15.7 Å². The van der Waals surface area contributed by atoms with Gasteiger partial charge in [0.1, 0.15) is 5.75 Å². The summed E-state index contributed by atoms with van der Waals surface area (Å²) in [6.45, 7) is 8.66. The van der Waals surface area contributed by atoms with Crippen molar-refractivity contribution in [2.24, 2.45) is 17.8 Å². The summed E-state index contributed by atoms with van der Waals surface area (Å²) in [6, 6.07) is 8.47. The van der Waals surface area contributed by atoms with E-state index in [9.17, 15) is 0 Å². The first-order valence-electron chi connectivity index (χ1n) is 9.21. The minimum absolute atomic E-state index is 0.731. The molecule has 0 radical (unpaired) electrons. The van der Waals surface area contributed by atoms with Crippen molar-refractivity contribution >= 4 is 5.69 Å². The van der Waals surface area contributed by atoms with Crippen LogP contribution >= 0.6 is 0 Å². The zero-order valence-electron chi connectivity index (χ0n) is 14.2. The van der Waals surface area contributed by atoms with Crippen LogP contribution in [0.5, 0.6) is 5.75 Å². The standard InChI is InChI=1S/C20H28N2O/c1-2-23-20-6-4-3-5-19(20)22-11-9-21(10-12-22)15-18-14-16-7-8-17(18)13-16/h3-8,16-18H,2,9-15H2,1H3. The van der Waals surface area contributed by atoms with Crippen LogP contribution in [0.25, 0.3) is 0 Å². The van der Waals surface area contributed by atoms with Crippen LogP contribution in [0.1, 0.15) is 19.8 Å². The van der Waals surface area contributed by atoms with Gasteiger partial charge in [-0.05, 0) is 49.7 Å². The van der Waals surface area contributed by atoms with Gasteiger partial charge in [-0.15, -0.1) is 0 Å². The molecule has 0 amide bonds. The lowest BCUT2D eigenvalue weighted by Gasteiger charge is -2.38. The van der Waals surface area contributed by atoms with E-state index in [1.807, 2.05) is 0 Å². The average molecular weight is 312 g/mol. The van der Waals surface area contributed by atoms with E-state index in [-0.39, 0.29) is 0 Å². The van der Waals surface area contributed by atoms with Crippen LogP contribution < -0.4 is 9.64 Å². The van der Waals surface area contributed by atoms with Gasteiger partial charge in [-0.1, -0.05) is 24.3 Å². The summed E-state index contributed by atoms with van der Waals surface area (Å²) in [5.74, 6) is 3.70. The van der Waals surface area contributed by atoms with Gasteiger partial charge in [-0.2, -0.15) is 0 Å². The minimum Gasteiger partial charge on any atom is -0.492 e. The predicted molar refractivity (Wildman–Crippen MR) is 95.1 cm³/mol. The Morgan fingerprint density at radius 1 is 1.04 bits per heavy atom. The molecular weight excluding hydrogens is 284 g/mol. The zero-order chi connectivity index (χ0) is 15.6. The van der Waals surface area contributed by atoms with Crippen LogP contribution in [0, 0.1) is 17.8 Å². The molecule has 3 unspecified atom stereocenters. The van der Waals surface area contributed by atoms with E-state index < -0.39 is 0 Å². The lowest BCUT2D eigenvalue weighted by atomic mass is 9.93. The second-order valence-electron chi connectivity index (χ2n) is 7.23. The van der Waals surface area contributed by atoms with E-state index in [1.54, 1.807) is 0 Å². The number of nitrogens with zero attached hydrogens (tertiary/aromatic N) is 2. The molecule has 23 heavy (non-hydrogen) atoms. The Kier molecular flexibility index (Phi) is 4.30. The molecule has 1 saturated carbocycles. The van der Waals surface area contributed by atoms with Crippen LogP contribution in [0.4, 0.5) is 5.69 Å². The number of allylic oxidation sites excluding steroid dienone is 2. The maximum absolute atomic E-state index is 5.80. The van der Waals surface area contributed by atoms with E-state index in [1.165, 1.54) is 38.2 Å². The number of anilines is 1. The van der Waals surface area contributed by atoms with Crippen molar-refractivity contribution in [2.75, 3.05) is 44.2 Å². The van der Waals surface area contributed by atoms with Gasteiger partial charge in [0.25, 0.3) is 0 Å². The fourth-order valence-corrected chi connectivity index (χ4v) is 4.60. The molecule has 0 N–H and O–H groups in total. The molecular formula is C20H28N2O.